The van der Waals surface area contributed by atoms with Crippen LogP contribution in [0.3, 0.4) is 0 Å². The molecule has 0 heterocycles. The molecular weight excluding hydrogens is 306 g/mol. The predicted molar refractivity (Wildman–Crippen MR) is 73.8 cm³/mol. The van der Waals surface area contributed by atoms with Gasteiger partial charge in [0.2, 0.25) is 0 Å². The third kappa shape index (κ3) is 3.69. The fourth-order valence-corrected chi connectivity index (χ4v) is 1.74. The summed E-state index contributed by atoms with van der Waals surface area (Å²) >= 11 is 4.78. The largest absolute Gasteiger partial charge is 0.457 e. The molecule has 110 valence electrons. The molecule has 0 radical (unpaired) electrons. The van der Waals surface area contributed by atoms with Crippen molar-refractivity contribution in [3.63, 3.8) is 0 Å². The van der Waals surface area contributed by atoms with Crippen molar-refractivity contribution in [1.82, 2.24) is 0 Å². The Labute approximate surface area is 123 Å². The van der Waals surface area contributed by atoms with E-state index in [0.717, 1.165) is 6.07 Å². The van der Waals surface area contributed by atoms with E-state index in [-0.39, 0.29) is 16.5 Å². The number of hydrogen-bond acceptors (Lipinski definition) is 2. The van der Waals surface area contributed by atoms with Gasteiger partial charge in [-0.2, -0.15) is 13.2 Å². The number of nitrogens with two attached hydrogens (primary N) is 1. The molecule has 0 spiro atoms. The minimum Gasteiger partial charge on any atom is -0.457 e. The smallest absolute Gasteiger partial charge is 0.419 e. The van der Waals surface area contributed by atoms with Gasteiger partial charge >= 0.3 is 6.18 Å². The third-order valence-electron chi connectivity index (χ3n) is 2.62. The molecule has 21 heavy (non-hydrogen) atoms. The lowest BCUT2D eigenvalue weighted by Gasteiger charge is -2.11. The van der Waals surface area contributed by atoms with Crippen LogP contribution in [0.25, 0.3) is 0 Å². The summed E-state index contributed by atoms with van der Waals surface area (Å²) in [5, 5.41) is 0. The van der Waals surface area contributed by atoms with E-state index in [4.69, 9.17) is 22.7 Å². The van der Waals surface area contributed by atoms with Crippen molar-refractivity contribution in [2.24, 2.45) is 5.73 Å². The Hall–Kier alpha value is -2.15. The van der Waals surface area contributed by atoms with Gasteiger partial charge in [-0.05, 0) is 42.5 Å². The van der Waals surface area contributed by atoms with Crippen molar-refractivity contribution in [2.75, 3.05) is 0 Å². The van der Waals surface area contributed by atoms with E-state index >= 15 is 0 Å². The predicted octanol–water partition coefficient (Wildman–Crippen LogP) is 4.27. The zero-order valence-electron chi connectivity index (χ0n) is 10.4. The van der Waals surface area contributed by atoms with Crippen molar-refractivity contribution in [1.29, 1.82) is 0 Å². The topological polar surface area (TPSA) is 35.2 Å². The molecule has 0 aromatic heterocycles. The van der Waals surface area contributed by atoms with Crippen molar-refractivity contribution < 1.29 is 22.3 Å². The van der Waals surface area contributed by atoms with Crippen LogP contribution in [-0.2, 0) is 6.18 Å². The first kappa shape index (κ1) is 15.2. The van der Waals surface area contributed by atoms with Crippen LogP contribution in [0, 0.1) is 5.82 Å². The molecule has 2 aromatic carbocycles. The number of ether oxygens (including phenoxy) is 1. The Morgan fingerprint density at radius 1 is 1.00 bits per heavy atom. The molecule has 0 aliphatic rings. The van der Waals surface area contributed by atoms with E-state index in [1.807, 2.05) is 0 Å². The quantitative estimate of drug-likeness (QED) is 0.678. The van der Waals surface area contributed by atoms with Crippen LogP contribution in [0.4, 0.5) is 17.6 Å². The first-order chi connectivity index (χ1) is 9.77. The number of benzene rings is 2. The van der Waals surface area contributed by atoms with E-state index in [1.54, 1.807) is 12.1 Å². The molecule has 2 rings (SSSR count). The van der Waals surface area contributed by atoms with Crippen LogP contribution < -0.4 is 10.5 Å². The molecule has 2 nitrogen and oxygen atoms in total. The Kier molecular flexibility index (Phi) is 4.13. The maximum absolute atomic E-state index is 13.1. The SMILES string of the molecule is NC(=S)c1ccc(Oc2ccc(F)c(C(F)(F)F)c2)cc1. The molecule has 0 saturated heterocycles. The second-order valence-corrected chi connectivity index (χ2v) is 4.57. The molecule has 0 aliphatic heterocycles. The van der Waals surface area contributed by atoms with Crippen LogP contribution in [0.1, 0.15) is 11.1 Å². The molecular formula is C14H9F4NOS. The van der Waals surface area contributed by atoms with Gasteiger partial charge in [-0.3, -0.25) is 0 Å². The van der Waals surface area contributed by atoms with Crippen molar-refractivity contribution in [3.8, 4) is 11.5 Å². The first-order valence-electron chi connectivity index (χ1n) is 5.72. The van der Waals surface area contributed by atoms with Gasteiger partial charge in [0.1, 0.15) is 22.3 Å². The number of halogens is 4. The van der Waals surface area contributed by atoms with Crippen LogP contribution >= 0.6 is 12.2 Å². The van der Waals surface area contributed by atoms with Gasteiger partial charge < -0.3 is 10.5 Å². The molecule has 0 saturated carbocycles. The normalized spacial score (nSPS) is 11.2. The standard InChI is InChI=1S/C14H9F4NOS/c15-12-6-5-10(7-11(12)14(16,17)18)20-9-3-1-8(2-4-9)13(19)21/h1-7H,(H2,19,21). The molecule has 2 N–H and O–H groups in total. The molecule has 0 aliphatic carbocycles. The molecule has 0 unspecified atom stereocenters. The monoisotopic (exact) mass is 315 g/mol. The van der Waals surface area contributed by atoms with Crippen LogP contribution in [0.2, 0.25) is 0 Å². The van der Waals surface area contributed by atoms with Gasteiger partial charge in [0.05, 0.1) is 5.56 Å². The van der Waals surface area contributed by atoms with Crippen LogP contribution in [-0.4, -0.2) is 4.99 Å². The average molecular weight is 315 g/mol. The summed E-state index contributed by atoms with van der Waals surface area (Å²) in [6, 6.07) is 8.60. The minimum atomic E-state index is -4.78. The lowest BCUT2D eigenvalue weighted by Crippen LogP contribution is -2.09. The Bertz CT molecular complexity index is 668. The number of hydrogen-bond donors (Lipinski definition) is 1. The van der Waals surface area contributed by atoms with Gasteiger partial charge in [-0.1, -0.05) is 12.2 Å². The fourth-order valence-electron chi connectivity index (χ4n) is 1.61. The summed E-state index contributed by atoms with van der Waals surface area (Å²) in [5.41, 5.74) is 4.65. The third-order valence-corrected chi connectivity index (χ3v) is 2.85. The molecule has 7 heteroatoms. The highest BCUT2D eigenvalue weighted by Gasteiger charge is 2.34. The second kappa shape index (κ2) is 5.69. The van der Waals surface area contributed by atoms with E-state index in [1.165, 1.54) is 12.1 Å². The van der Waals surface area contributed by atoms with Crippen molar-refractivity contribution in [2.45, 2.75) is 6.18 Å². The first-order valence-corrected chi connectivity index (χ1v) is 6.12. The summed E-state index contributed by atoms with van der Waals surface area (Å²) in [6.45, 7) is 0. The van der Waals surface area contributed by atoms with Gasteiger partial charge in [0.25, 0.3) is 0 Å². The van der Waals surface area contributed by atoms with Crippen molar-refractivity contribution in [3.05, 3.63) is 59.4 Å². The highest BCUT2D eigenvalue weighted by atomic mass is 32.1. The number of alkyl halides is 3. The van der Waals surface area contributed by atoms with Gasteiger partial charge in [0, 0.05) is 5.56 Å². The summed E-state index contributed by atoms with van der Waals surface area (Å²) < 4.78 is 56.2. The summed E-state index contributed by atoms with van der Waals surface area (Å²) in [7, 11) is 0. The highest BCUT2D eigenvalue weighted by Crippen LogP contribution is 2.34. The lowest BCUT2D eigenvalue weighted by atomic mass is 10.2. The van der Waals surface area contributed by atoms with E-state index in [0.29, 0.717) is 17.7 Å². The van der Waals surface area contributed by atoms with Gasteiger partial charge in [-0.25, -0.2) is 4.39 Å². The van der Waals surface area contributed by atoms with E-state index in [2.05, 4.69) is 0 Å². The van der Waals surface area contributed by atoms with Crippen LogP contribution in [0.15, 0.2) is 42.5 Å². The Balaban J connectivity index is 2.26. The zero-order chi connectivity index (χ0) is 15.6. The van der Waals surface area contributed by atoms with Gasteiger partial charge in [-0.15, -0.1) is 0 Å². The fraction of sp³-hybridized carbons (Fsp3) is 0.0714. The summed E-state index contributed by atoms with van der Waals surface area (Å²) in [4.78, 5) is 0.197. The summed E-state index contributed by atoms with van der Waals surface area (Å²) in [6.07, 6.45) is -4.78. The number of thiocarbonyl (C=S) groups is 1. The number of rotatable bonds is 3. The Morgan fingerprint density at radius 3 is 2.10 bits per heavy atom. The van der Waals surface area contributed by atoms with Gasteiger partial charge in [0.15, 0.2) is 0 Å². The van der Waals surface area contributed by atoms with Crippen LogP contribution in [0.5, 0.6) is 11.5 Å². The Morgan fingerprint density at radius 2 is 1.57 bits per heavy atom. The van der Waals surface area contributed by atoms with Crippen molar-refractivity contribution >= 4 is 17.2 Å². The zero-order valence-corrected chi connectivity index (χ0v) is 11.3. The average Bonchev–Trinajstić information content (AvgIpc) is 2.40. The lowest BCUT2D eigenvalue weighted by molar-refractivity contribution is -0.140. The minimum absolute atomic E-state index is 0.119. The molecule has 0 amide bonds. The maximum atomic E-state index is 13.1. The molecule has 0 fully saturated rings. The summed E-state index contributed by atoms with van der Waals surface area (Å²) in [5.74, 6) is -1.18. The van der Waals surface area contributed by atoms with E-state index < -0.39 is 17.6 Å². The highest BCUT2D eigenvalue weighted by molar-refractivity contribution is 7.80. The second-order valence-electron chi connectivity index (χ2n) is 4.13. The molecule has 2 aromatic rings. The molecule has 0 atom stereocenters. The molecule has 0 bridgehead atoms. The maximum Gasteiger partial charge on any atom is 0.419 e. The van der Waals surface area contributed by atoms with E-state index in [9.17, 15) is 17.6 Å².